The number of piperidine rings is 1. The maximum atomic E-state index is 12.4. The monoisotopic (exact) mass is 346 g/mol. The first-order valence-electron chi connectivity index (χ1n) is 9.13. The predicted molar refractivity (Wildman–Crippen MR) is 93.5 cm³/mol. The summed E-state index contributed by atoms with van der Waals surface area (Å²) >= 11 is 0. The molecule has 0 aromatic heterocycles. The molecular weight excluding hydrogens is 320 g/mol. The number of carbonyl (C=O) groups excluding carboxylic acids is 1. The molecule has 136 valence electrons. The molecule has 2 N–H and O–H groups in total. The van der Waals surface area contributed by atoms with E-state index in [1.165, 1.54) is 12.8 Å². The molecule has 1 aliphatic carbocycles. The van der Waals surface area contributed by atoms with Gasteiger partial charge in [-0.05, 0) is 44.6 Å². The largest absolute Gasteiger partial charge is 0.490 e. The van der Waals surface area contributed by atoms with E-state index in [9.17, 15) is 9.59 Å². The lowest BCUT2D eigenvalue weighted by molar-refractivity contribution is -0.143. The topological polar surface area (TPSA) is 78.9 Å². The summed E-state index contributed by atoms with van der Waals surface area (Å²) in [6, 6.07) is 7.57. The van der Waals surface area contributed by atoms with Crippen LogP contribution in [-0.2, 0) is 11.3 Å². The van der Waals surface area contributed by atoms with Gasteiger partial charge in [-0.3, -0.25) is 4.79 Å². The molecule has 0 bridgehead atoms. The van der Waals surface area contributed by atoms with Crippen molar-refractivity contribution in [1.29, 1.82) is 0 Å². The zero-order valence-electron chi connectivity index (χ0n) is 14.4. The number of likely N-dealkylation sites (tertiary alicyclic amines) is 1. The van der Waals surface area contributed by atoms with Crippen molar-refractivity contribution < 1.29 is 19.4 Å². The van der Waals surface area contributed by atoms with Gasteiger partial charge in [0.2, 0.25) is 0 Å². The van der Waals surface area contributed by atoms with Crippen molar-refractivity contribution in [2.24, 2.45) is 5.92 Å². The molecule has 6 nitrogen and oxygen atoms in total. The van der Waals surface area contributed by atoms with Gasteiger partial charge in [-0.25, -0.2) is 4.79 Å². The van der Waals surface area contributed by atoms with Crippen LogP contribution >= 0.6 is 0 Å². The van der Waals surface area contributed by atoms with Crippen molar-refractivity contribution in [3.05, 3.63) is 29.8 Å². The van der Waals surface area contributed by atoms with Gasteiger partial charge in [0.1, 0.15) is 5.75 Å². The van der Waals surface area contributed by atoms with Crippen LogP contribution in [-0.4, -0.2) is 41.2 Å². The van der Waals surface area contributed by atoms with E-state index in [0.29, 0.717) is 19.5 Å². The summed E-state index contributed by atoms with van der Waals surface area (Å²) in [5.41, 5.74) is 0.953. The smallest absolute Gasteiger partial charge is 0.317 e. The van der Waals surface area contributed by atoms with Gasteiger partial charge in [-0.2, -0.15) is 0 Å². The lowest BCUT2D eigenvalue weighted by atomic mass is 9.99. The molecule has 2 fully saturated rings. The Kier molecular flexibility index (Phi) is 5.79. The molecule has 1 aliphatic heterocycles. The minimum atomic E-state index is -0.826. The van der Waals surface area contributed by atoms with E-state index in [1.54, 1.807) is 4.90 Å². The van der Waals surface area contributed by atoms with E-state index in [2.05, 4.69) is 5.32 Å². The van der Waals surface area contributed by atoms with Gasteiger partial charge >= 0.3 is 12.0 Å². The van der Waals surface area contributed by atoms with Gasteiger partial charge in [0.05, 0.1) is 12.0 Å². The van der Waals surface area contributed by atoms with Crippen molar-refractivity contribution >= 4 is 12.0 Å². The fourth-order valence-electron chi connectivity index (χ4n) is 3.60. The maximum Gasteiger partial charge on any atom is 0.317 e. The van der Waals surface area contributed by atoms with E-state index in [4.69, 9.17) is 9.84 Å². The molecule has 2 amide bonds. The minimum Gasteiger partial charge on any atom is -0.490 e. The third-order valence-electron chi connectivity index (χ3n) is 5.06. The van der Waals surface area contributed by atoms with Crippen molar-refractivity contribution in [2.75, 3.05) is 13.1 Å². The fourth-order valence-corrected chi connectivity index (χ4v) is 3.60. The average molecular weight is 346 g/mol. The molecule has 1 aromatic rings. The molecule has 1 saturated carbocycles. The SMILES string of the molecule is O=C(O)C1CCCN(C(=O)NCc2ccccc2OC2CCCC2)C1. The summed E-state index contributed by atoms with van der Waals surface area (Å²) in [5, 5.41) is 12.1. The molecular formula is C19H26N2O4. The third-order valence-corrected chi connectivity index (χ3v) is 5.06. The van der Waals surface area contributed by atoms with Crippen molar-refractivity contribution in [3.63, 3.8) is 0 Å². The number of rotatable bonds is 5. The van der Waals surface area contributed by atoms with E-state index < -0.39 is 11.9 Å². The Morgan fingerprint density at radius 1 is 1.16 bits per heavy atom. The molecule has 1 heterocycles. The number of ether oxygens (including phenoxy) is 1. The first-order chi connectivity index (χ1) is 12.1. The summed E-state index contributed by atoms with van der Waals surface area (Å²) in [7, 11) is 0. The molecule has 6 heteroatoms. The summed E-state index contributed by atoms with van der Waals surface area (Å²) < 4.78 is 6.09. The van der Waals surface area contributed by atoms with Crippen molar-refractivity contribution in [2.45, 2.75) is 51.2 Å². The van der Waals surface area contributed by atoms with Crippen LogP contribution in [0.5, 0.6) is 5.75 Å². The quantitative estimate of drug-likeness (QED) is 0.859. The lowest BCUT2D eigenvalue weighted by Crippen LogP contribution is -2.46. The van der Waals surface area contributed by atoms with Crippen LogP contribution < -0.4 is 10.1 Å². The second kappa shape index (κ2) is 8.23. The molecule has 1 aromatic carbocycles. The Labute approximate surface area is 148 Å². The number of hydrogen-bond donors (Lipinski definition) is 2. The van der Waals surface area contributed by atoms with E-state index in [1.807, 2.05) is 24.3 Å². The Morgan fingerprint density at radius 3 is 2.68 bits per heavy atom. The third kappa shape index (κ3) is 4.65. The highest BCUT2D eigenvalue weighted by molar-refractivity contribution is 5.76. The molecule has 0 spiro atoms. The van der Waals surface area contributed by atoms with Crippen LogP contribution in [0.2, 0.25) is 0 Å². The van der Waals surface area contributed by atoms with Gasteiger partial charge in [0, 0.05) is 25.2 Å². The number of benzene rings is 1. The number of aliphatic carboxylic acids is 1. The Balaban J connectivity index is 1.55. The first-order valence-corrected chi connectivity index (χ1v) is 9.13. The summed E-state index contributed by atoms with van der Waals surface area (Å²) in [6.45, 7) is 1.27. The summed E-state index contributed by atoms with van der Waals surface area (Å²) in [5.74, 6) is -0.456. The Morgan fingerprint density at radius 2 is 1.92 bits per heavy atom. The van der Waals surface area contributed by atoms with Crippen molar-refractivity contribution in [3.8, 4) is 5.75 Å². The molecule has 25 heavy (non-hydrogen) atoms. The van der Waals surface area contributed by atoms with Gasteiger partial charge in [0.15, 0.2) is 0 Å². The predicted octanol–water partition coefficient (Wildman–Crippen LogP) is 3.01. The summed E-state index contributed by atoms with van der Waals surface area (Å²) in [4.78, 5) is 25.1. The number of urea groups is 1. The number of carboxylic acids is 1. The van der Waals surface area contributed by atoms with Gasteiger partial charge in [-0.1, -0.05) is 18.2 Å². The van der Waals surface area contributed by atoms with Gasteiger partial charge in [0.25, 0.3) is 0 Å². The number of carboxylic acid groups (broad SMARTS) is 1. The van der Waals surface area contributed by atoms with Crippen LogP contribution in [0.1, 0.15) is 44.1 Å². The highest BCUT2D eigenvalue weighted by atomic mass is 16.5. The number of nitrogens with one attached hydrogen (secondary N) is 1. The standard InChI is InChI=1S/C19H26N2O4/c22-18(23)15-7-5-11-21(13-15)19(24)20-12-14-6-1-4-10-17(14)25-16-8-2-3-9-16/h1,4,6,10,15-16H,2-3,5,7-9,11-13H2,(H,20,24)(H,22,23). The van der Waals surface area contributed by atoms with Crippen LogP contribution in [0.25, 0.3) is 0 Å². The minimum absolute atomic E-state index is 0.207. The molecule has 1 saturated heterocycles. The highest BCUT2D eigenvalue weighted by Gasteiger charge is 2.28. The Bertz CT molecular complexity index is 613. The number of hydrogen-bond acceptors (Lipinski definition) is 3. The van der Waals surface area contributed by atoms with Crippen LogP contribution in [0.3, 0.4) is 0 Å². The van der Waals surface area contributed by atoms with Crippen LogP contribution in [0.15, 0.2) is 24.3 Å². The molecule has 1 unspecified atom stereocenters. The van der Waals surface area contributed by atoms with Crippen LogP contribution in [0.4, 0.5) is 4.79 Å². The molecule has 2 aliphatic rings. The average Bonchev–Trinajstić information content (AvgIpc) is 3.14. The molecule has 1 atom stereocenters. The van der Waals surface area contributed by atoms with Crippen molar-refractivity contribution in [1.82, 2.24) is 10.2 Å². The second-order valence-corrected chi connectivity index (χ2v) is 6.91. The Hall–Kier alpha value is -2.24. The highest BCUT2D eigenvalue weighted by Crippen LogP contribution is 2.26. The van der Waals surface area contributed by atoms with Gasteiger partial charge < -0.3 is 20.1 Å². The fraction of sp³-hybridized carbons (Fsp3) is 0.579. The molecule has 3 rings (SSSR count). The first kappa shape index (κ1) is 17.6. The summed E-state index contributed by atoms with van der Waals surface area (Å²) in [6.07, 6.45) is 6.24. The van der Waals surface area contributed by atoms with E-state index in [0.717, 1.165) is 30.6 Å². The molecule has 0 radical (unpaired) electrons. The lowest BCUT2D eigenvalue weighted by Gasteiger charge is -2.30. The maximum absolute atomic E-state index is 12.4. The number of carbonyl (C=O) groups is 2. The number of amides is 2. The zero-order valence-corrected chi connectivity index (χ0v) is 14.4. The number of nitrogens with zero attached hydrogens (tertiary/aromatic N) is 1. The zero-order chi connectivity index (χ0) is 17.6. The van der Waals surface area contributed by atoms with E-state index >= 15 is 0 Å². The van der Waals surface area contributed by atoms with Crippen LogP contribution in [0, 0.1) is 5.92 Å². The van der Waals surface area contributed by atoms with E-state index in [-0.39, 0.29) is 18.7 Å². The second-order valence-electron chi connectivity index (χ2n) is 6.91. The number of para-hydroxylation sites is 1. The normalized spacial score (nSPS) is 21.1. The van der Waals surface area contributed by atoms with Gasteiger partial charge in [-0.15, -0.1) is 0 Å².